The van der Waals surface area contributed by atoms with Crippen molar-refractivity contribution < 1.29 is 24.6 Å². The first-order chi connectivity index (χ1) is 9.77. The third-order valence-electron chi connectivity index (χ3n) is 4.29. The van der Waals surface area contributed by atoms with Gasteiger partial charge in [-0.3, -0.25) is 14.4 Å². The maximum absolute atomic E-state index is 11.8. The van der Waals surface area contributed by atoms with E-state index in [0.29, 0.717) is 18.8 Å². The highest BCUT2D eigenvalue weighted by atomic mass is 16.4. The van der Waals surface area contributed by atoms with Gasteiger partial charge in [0.2, 0.25) is 5.91 Å². The van der Waals surface area contributed by atoms with Crippen LogP contribution in [-0.4, -0.2) is 40.6 Å². The zero-order chi connectivity index (χ0) is 16.0. The molecular weight excluding hydrogens is 276 g/mol. The zero-order valence-electron chi connectivity index (χ0n) is 12.3. The van der Waals surface area contributed by atoms with Crippen molar-refractivity contribution in [2.45, 2.75) is 51.5 Å². The minimum atomic E-state index is -1.01. The first-order valence-corrected chi connectivity index (χ1v) is 7.25. The van der Waals surface area contributed by atoms with Crippen LogP contribution < -0.4 is 11.1 Å². The third-order valence-corrected chi connectivity index (χ3v) is 4.29. The lowest BCUT2D eigenvalue weighted by atomic mass is 9.71. The van der Waals surface area contributed by atoms with Gasteiger partial charge in [-0.2, -0.15) is 0 Å². The molecule has 0 spiro atoms. The van der Waals surface area contributed by atoms with Crippen molar-refractivity contribution in [1.82, 2.24) is 5.32 Å². The van der Waals surface area contributed by atoms with Gasteiger partial charge in [-0.1, -0.05) is 6.92 Å². The number of carbonyl (C=O) groups is 3. The summed E-state index contributed by atoms with van der Waals surface area (Å²) in [7, 11) is 0. The molecular formula is C14H24N2O5. The summed E-state index contributed by atoms with van der Waals surface area (Å²) in [5.41, 5.74) is 4.68. The Bertz CT molecular complexity index is 402. The van der Waals surface area contributed by atoms with Crippen molar-refractivity contribution in [1.29, 1.82) is 0 Å². The van der Waals surface area contributed by atoms with Crippen molar-refractivity contribution in [3.8, 4) is 0 Å². The molecule has 0 aromatic rings. The first-order valence-electron chi connectivity index (χ1n) is 7.25. The summed E-state index contributed by atoms with van der Waals surface area (Å²) in [6, 6.07) is -0.922. The van der Waals surface area contributed by atoms with E-state index in [2.05, 4.69) is 12.2 Å². The molecule has 0 radical (unpaired) electrons. The average molecular weight is 300 g/mol. The van der Waals surface area contributed by atoms with Crippen molar-refractivity contribution >= 4 is 17.8 Å². The lowest BCUT2D eigenvalue weighted by Gasteiger charge is -2.36. The van der Waals surface area contributed by atoms with E-state index >= 15 is 0 Å². The Labute approximate surface area is 123 Å². The largest absolute Gasteiger partial charge is 0.481 e. The van der Waals surface area contributed by atoms with E-state index in [1.165, 1.54) is 0 Å². The molecule has 0 aromatic heterocycles. The molecule has 1 aliphatic rings. The van der Waals surface area contributed by atoms with Gasteiger partial charge in [-0.25, -0.2) is 0 Å². The van der Waals surface area contributed by atoms with Crippen molar-refractivity contribution in [3.05, 3.63) is 0 Å². The monoisotopic (exact) mass is 300 g/mol. The van der Waals surface area contributed by atoms with Crippen LogP contribution in [0.4, 0.5) is 0 Å². The summed E-state index contributed by atoms with van der Waals surface area (Å²) >= 11 is 0. The van der Waals surface area contributed by atoms with Crippen LogP contribution in [0.25, 0.3) is 0 Å². The Kier molecular flexibility index (Phi) is 6.14. The van der Waals surface area contributed by atoms with Gasteiger partial charge in [-0.15, -0.1) is 0 Å². The summed E-state index contributed by atoms with van der Waals surface area (Å²) in [5.74, 6) is -1.89. The number of carboxylic acid groups (broad SMARTS) is 2. The van der Waals surface area contributed by atoms with E-state index < -0.39 is 29.3 Å². The topological polar surface area (TPSA) is 130 Å². The van der Waals surface area contributed by atoms with Gasteiger partial charge in [0.1, 0.15) is 0 Å². The average Bonchev–Trinajstić information content (AvgIpc) is 2.43. The Hall–Kier alpha value is -1.63. The van der Waals surface area contributed by atoms with Crippen molar-refractivity contribution in [3.63, 3.8) is 0 Å². The maximum Gasteiger partial charge on any atom is 0.311 e. The fourth-order valence-electron chi connectivity index (χ4n) is 2.58. The van der Waals surface area contributed by atoms with E-state index in [9.17, 15) is 19.5 Å². The molecule has 0 aromatic carbocycles. The molecule has 1 saturated carbocycles. The molecule has 21 heavy (non-hydrogen) atoms. The van der Waals surface area contributed by atoms with E-state index in [-0.39, 0.29) is 19.4 Å². The highest BCUT2D eigenvalue weighted by Gasteiger charge is 2.41. The molecule has 0 heterocycles. The van der Waals surface area contributed by atoms with Gasteiger partial charge in [0, 0.05) is 13.0 Å². The minimum Gasteiger partial charge on any atom is -0.481 e. The number of carboxylic acids is 2. The van der Waals surface area contributed by atoms with Crippen LogP contribution in [0.2, 0.25) is 0 Å². The molecule has 120 valence electrons. The molecule has 1 atom stereocenters. The van der Waals surface area contributed by atoms with E-state index in [0.717, 1.165) is 12.8 Å². The SMILES string of the molecule is CC1CCC(CNC(=O)C(N)CCC(=O)O)(C(=O)O)CC1. The molecule has 1 unspecified atom stereocenters. The Morgan fingerprint density at radius 3 is 2.33 bits per heavy atom. The summed E-state index contributed by atoms with van der Waals surface area (Å²) in [6.07, 6.45) is 2.58. The van der Waals surface area contributed by atoms with Gasteiger partial charge in [0.15, 0.2) is 0 Å². The third kappa shape index (κ3) is 5.00. The second kappa shape index (κ2) is 7.40. The van der Waals surface area contributed by atoms with Crippen LogP contribution in [0.15, 0.2) is 0 Å². The van der Waals surface area contributed by atoms with Crippen LogP contribution in [0.5, 0.6) is 0 Å². The van der Waals surface area contributed by atoms with Gasteiger partial charge in [0.05, 0.1) is 11.5 Å². The number of carbonyl (C=O) groups excluding carboxylic acids is 1. The molecule has 0 bridgehead atoms. The molecule has 1 amide bonds. The van der Waals surface area contributed by atoms with E-state index in [4.69, 9.17) is 10.8 Å². The molecule has 1 rings (SSSR count). The summed E-state index contributed by atoms with van der Waals surface area (Å²) in [4.78, 5) is 33.8. The standard InChI is InChI=1S/C14H24N2O5/c1-9-4-6-14(7-5-9,13(20)21)8-16-12(19)10(15)2-3-11(17)18/h9-10H,2-8,15H2,1H3,(H,16,19)(H,17,18)(H,20,21). The second-order valence-corrected chi connectivity index (χ2v) is 6.02. The smallest absolute Gasteiger partial charge is 0.311 e. The number of amides is 1. The van der Waals surface area contributed by atoms with E-state index in [1.54, 1.807) is 0 Å². The number of hydrogen-bond acceptors (Lipinski definition) is 4. The summed E-state index contributed by atoms with van der Waals surface area (Å²) in [5, 5.41) is 20.6. The number of nitrogens with two attached hydrogens (primary N) is 1. The quantitative estimate of drug-likeness (QED) is 0.544. The van der Waals surface area contributed by atoms with Crippen molar-refractivity contribution in [2.75, 3.05) is 6.54 Å². The van der Waals surface area contributed by atoms with Crippen LogP contribution in [0.1, 0.15) is 45.4 Å². The second-order valence-electron chi connectivity index (χ2n) is 6.02. The fraction of sp³-hybridized carbons (Fsp3) is 0.786. The summed E-state index contributed by atoms with van der Waals surface area (Å²) < 4.78 is 0. The highest BCUT2D eigenvalue weighted by molar-refractivity contribution is 5.83. The van der Waals surface area contributed by atoms with E-state index in [1.807, 2.05) is 0 Å². The predicted octanol–water partition coefficient (Wildman–Crippen LogP) is 0.576. The minimum absolute atomic E-state index is 0.0400. The fourth-order valence-corrected chi connectivity index (χ4v) is 2.58. The van der Waals surface area contributed by atoms with Gasteiger partial charge >= 0.3 is 11.9 Å². The first kappa shape index (κ1) is 17.4. The van der Waals surface area contributed by atoms with Gasteiger partial charge < -0.3 is 21.3 Å². The van der Waals surface area contributed by atoms with Crippen molar-refractivity contribution in [2.24, 2.45) is 17.1 Å². The van der Waals surface area contributed by atoms with Gasteiger partial charge in [0.25, 0.3) is 0 Å². The zero-order valence-corrected chi connectivity index (χ0v) is 12.3. The molecule has 0 saturated heterocycles. The summed E-state index contributed by atoms with van der Waals surface area (Å²) in [6.45, 7) is 2.14. The van der Waals surface area contributed by atoms with Crippen LogP contribution in [0, 0.1) is 11.3 Å². The molecule has 1 fully saturated rings. The molecule has 0 aliphatic heterocycles. The predicted molar refractivity (Wildman–Crippen MR) is 75.6 cm³/mol. The lowest BCUT2D eigenvalue weighted by molar-refractivity contribution is -0.151. The Balaban J connectivity index is 2.52. The van der Waals surface area contributed by atoms with Gasteiger partial charge in [-0.05, 0) is 38.0 Å². The molecule has 5 N–H and O–H groups in total. The van der Waals surface area contributed by atoms with Crippen LogP contribution in [0.3, 0.4) is 0 Å². The number of nitrogens with one attached hydrogen (secondary N) is 1. The molecule has 7 nitrogen and oxygen atoms in total. The number of aliphatic carboxylic acids is 2. The Morgan fingerprint density at radius 2 is 1.86 bits per heavy atom. The van der Waals surface area contributed by atoms with Crippen LogP contribution >= 0.6 is 0 Å². The number of rotatable bonds is 7. The lowest BCUT2D eigenvalue weighted by Crippen LogP contribution is -2.49. The molecule has 7 heteroatoms. The normalized spacial score (nSPS) is 26.9. The number of hydrogen-bond donors (Lipinski definition) is 4. The molecule has 1 aliphatic carbocycles. The highest BCUT2D eigenvalue weighted by Crippen LogP contribution is 2.38. The van der Waals surface area contributed by atoms with Crippen LogP contribution in [-0.2, 0) is 14.4 Å². The Morgan fingerprint density at radius 1 is 1.29 bits per heavy atom. The maximum atomic E-state index is 11.8.